The predicted octanol–water partition coefficient (Wildman–Crippen LogP) is 2.19. The van der Waals surface area contributed by atoms with Crippen LogP contribution >= 0.6 is 0 Å². The molecule has 0 amide bonds. The van der Waals surface area contributed by atoms with Gasteiger partial charge in [0.1, 0.15) is 5.82 Å². The Morgan fingerprint density at radius 1 is 1.29 bits per heavy atom. The summed E-state index contributed by atoms with van der Waals surface area (Å²) in [5.41, 5.74) is -1.39. The van der Waals surface area contributed by atoms with Gasteiger partial charge >= 0.3 is 11.9 Å². The van der Waals surface area contributed by atoms with E-state index in [1.165, 1.54) is 0 Å². The van der Waals surface area contributed by atoms with Crippen molar-refractivity contribution >= 4 is 0 Å². The van der Waals surface area contributed by atoms with Gasteiger partial charge in [-0.05, 0) is 18.2 Å². The van der Waals surface area contributed by atoms with Gasteiger partial charge in [0.05, 0.1) is 11.1 Å². The van der Waals surface area contributed by atoms with Gasteiger partial charge in [0.15, 0.2) is 5.82 Å². The molecule has 2 aromatic rings. The largest absolute Gasteiger partial charge is 0.439 e. The van der Waals surface area contributed by atoms with E-state index in [4.69, 9.17) is 0 Å². The van der Waals surface area contributed by atoms with Crippen LogP contribution in [0.2, 0.25) is 0 Å². The average Bonchev–Trinajstić information content (AvgIpc) is 2.63. The summed E-state index contributed by atoms with van der Waals surface area (Å²) in [5, 5.41) is 3.17. The minimum atomic E-state index is -4.63. The second-order valence-electron chi connectivity index (χ2n) is 3.14. The molecule has 0 aliphatic carbocycles. The summed E-state index contributed by atoms with van der Waals surface area (Å²) in [7, 11) is 0. The van der Waals surface area contributed by atoms with E-state index >= 15 is 0 Å². The van der Waals surface area contributed by atoms with Crippen molar-refractivity contribution in [3.05, 3.63) is 40.1 Å². The summed E-state index contributed by atoms with van der Waals surface area (Å²) in [4.78, 5) is 12.7. The van der Waals surface area contributed by atoms with Gasteiger partial charge in [0.25, 0.3) is 0 Å². The van der Waals surface area contributed by atoms with Crippen LogP contribution in [0.3, 0.4) is 0 Å². The summed E-state index contributed by atoms with van der Waals surface area (Å²) in [5.74, 6) is -2.33. The average molecular weight is 248 g/mol. The molecule has 0 unspecified atom stereocenters. The molecule has 0 aliphatic heterocycles. The second kappa shape index (κ2) is 3.72. The van der Waals surface area contributed by atoms with Gasteiger partial charge in [0, 0.05) is 0 Å². The molecule has 17 heavy (non-hydrogen) atoms. The normalized spacial score (nSPS) is 11.8. The topological polar surface area (TPSA) is 58.9 Å². The third-order valence-electron chi connectivity index (χ3n) is 1.99. The fourth-order valence-electron chi connectivity index (χ4n) is 1.23. The predicted molar refractivity (Wildman–Crippen MR) is 47.5 cm³/mol. The lowest BCUT2D eigenvalue weighted by atomic mass is 10.1. The van der Waals surface area contributed by atoms with E-state index in [0.717, 1.165) is 6.07 Å². The number of halogens is 4. The molecule has 0 atom stereocenters. The maximum Gasteiger partial charge on any atom is 0.439 e. The molecule has 2 rings (SSSR count). The number of rotatable bonds is 1. The van der Waals surface area contributed by atoms with Gasteiger partial charge in [-0.2, -0.15) is 13.2 Å². The minimum absolute atomic E-state index is 0.263. The Labute approximate surface area is 90.9 Å². The number of H-pyrrole nitrogens is 1. The lowest BCUT2D eigenvalue weighted by molar-refractivity contribution is -0.137. The van der Waals surface area contributed by atoms with Crippen LogP contribution < -0.4 is 5.76 Å². The molecule has 1 aromatic heterocycles. The lowest BCUT2D eigenvalue weighted by Crippen LogP contribution is -2.05. The summed E-state index contributed by atoms with van der Waals surface area (Å²) in [6, 6.07) is 1.87. The standard InChI is InChI=1S/C9H4F4N2O2/c10-6-3-4(9(11,12)13)1-2-5(6)7-14-8(16)17-15-7/h1-3H,(H,14,15,16). The molecule has 0 radical (unpaired) electrons. The molecular formula is C9H4F4N2O2. The Balaban J connectivity index is 2.49. The molecule has 0 aliphatic rings. The molecule has 0 saturated carbocycles. The number of alkyl halides is 3. The van der Waals surface area contributed by atoms with Gasteiger partial charge < -0.3 is 0 Å². The molecule has 1 heterocycles. The molecule has 0 spiro atoms. The van der Waals surface area contributed by atoms with E-state index in [-0.39, 0.29) is 11.4 Å². The Kier molecular flexibility index (Phi) is 2.49. The zero-order chi connectivity index (χ0) is 12.6. The summed E-state index contributed by atoms with van der Waals surface area (Å²) < 4.78 is 54.2. The van der Waals surface area contributed by atoms with Crippen LogP contribution in [0, 0.1) is 5.82 Å². The summed E-state index contributed by atoms with van der Waals surface area (Å²) >= 11 is 0. The first-order valence-corrected chi connectivity index (χ1v) is 4.31. The monoisotopic (exact) mass is 248 g/mol. The first-order chi connectivity index (χ1) is 7.88. The molecule has 90 valence electrons. The Hall–Kier alpha value is -2.12. The number of hydrogen-bond acceptors (Lipinski definition) is 3. The highest BCUT2D eigenvalue weighted by Crippen LogP contribution is 2.31. The summed E-state index contributed by atoms with van der Waals surface area (Å²) in [6.07, 6.45) is -4.63. The van der Waals surface area contributed by atoms with Crippen LogP contribution in [0.15, 0.2) is 27.5 Å². The van der Waals surface area contributed by atoms with Crippen LogP contribution in [0.1, 0.15) is 5.56 Å². The Morgan fingerprint density at radius 2 is 2.00 bits per heavy atom. The molecule has 8 heteroatoms. The zero-order valence-corrected chi connectivity index (χ0v) is 8.01. The first-order valence-electron chi connectivity index (χ1n) is 4.31. The number of aromatic nitrogens is 2. The van der Waals surface area contributed by atoms with Crippen LogP contribution in [0.4, 0.5) is 17.6 Å². The maximum absolute atomic E-state index is 13.4. The van der Waals surface area contributed by atoms with Crippen molar-refractivity contribution < 1.29 is 22.1 Å². The lowest BCUT2D eigenvalue weighted by Gasteiger charge is -2.07. The third-order valence-corrected chi connectivity index (χ3v) is 1.99. The van der Waals surface area contributed by atoms with E-state index in [1.807, 2.05) is 4.98 Å². The van der Waals surface area contributed by atoms with E-state index in [0.29, 0.717) is 12.1 Å². The van der Waals surface area contributed by atoms with E-state index in [9.17, 15) is 22.4 Å². The summed E-state index contributed by atoms with van der Waals surface area (Å²) in [6.45, 7) is 0. The number of nitrogens with one attached hydrogen (secondary N) is 1. The quantitative estimate of drug-likeness (QED) is 0.787. The molecule has 1 N–H and O–H groups in total. The fraction of sp³-hybridized carbons (Fsp3) is 0.111. The van der Waals surface area contributed by atoms with Gasteiger partial charge in [-0.15, -0.1) is 0 Å². The Bertz CT molecular complexity index is 600. The van der Waals surface area contributed by atoms with Gasteiger partial charge in [-0.1, -0.05) is 5.16 Å². The highest BCUT2D eigenvalue weighted by molar-refractivity contribution is 5.55. The van der Waals surface area contributed by atoms with Crippen molar-refractivity contribution in [2.75, 3.05) is 0 Å². The zero-order valence-electron chi connectivity index (χ0n) is 8.01. The van der Waals surface area contributed by atoms with Crippen LogP contribution in [-0.4, -0.2) is 10.1 Å². The van der Waals surface area contributed by atoms with E-state index in [2.05, 4.69) is 9.68 Å². The number of benzene rings is 1. The molecule has 0 fully saturated rings. The van der Waals surface area contributed by atoms with Crippen molar-refractivity contribution in [2.24, 2.45) is 0 Å². The first kappa shape index (κ1) is 11.4. The number of hydrogen-bond donors (Lipinski definition) is 1. The van der Waals surface area contributed by atoms with Gasteiger partial charge in [-0.25, -0.2) is 9.18 Å². The third kappa shape index (κ3) is 2.19. The van der Waals surface area contributed by atoms with Crippen LogP contribution in [0.5, 0.6) is 0 Å². The SMILES string of the molecule is O=c1[nH]c(-c2ccc(C(F)(F)F)cc2F)no1. The highest BCUT2D eigenvalue weighted by Gasteiger charge is 2.31. The highest BCUT2D eigenvalue weighted by atomic mass is 19.4. The van der Waals surface area contributed by atoms with Crippen molar-refractivity contribution in [3.63, 3.8) is 0 Å². The maximum atomic E-state index is 13.4. The van der Waals surface area contributed by atoms with E-state index < -0.39 is 23.3 Å². The van der Waals surface area contributed by atoms with Crippen molar-refractivity contribution in [1.82, 2.24) is 10.1 Å². The molecule has 1 aromatic carbocycles. The van der Waals surface area contributed by atoms with Gasteiger partial charge in [-0.3, -0.25) is 9.51 Å². The molecular weight excluding hydrogens is 244 g/mol. The number of aromatic amines is 1. The van der Waals surface area contributed by atoms with Crippen molar-refractivity contribution in [3.8, 4) is 11.4 Å². The van der Waals surface area contributed by atoms with Crippen LogP contribution in [-0.2, 0) is 6.18 Å². The van der Waals surface area contributed by atoms with E-state index in [1.54, 1.807) is 0 Å². The molecule has 0 saturated heterocycles. The Morgan fingerprint density at radius 3 is 2.47 bits per heavy atom. The van der Waals surface area contributed by atoms with Crippen LogP contribution in [0.25, 0.3) is 11.4 Å². The van der Waals surface area contributed by atoms with Crippen molar-refractivity contribution in [2.45, 2.75) is 6.18 Å². The smallest absolute Gasteiger partial charge is 0.296 e. The molecule has 0 bridgehead atoms. The fourth-order valence-corrected chi connectivity index (χ4v) is 1.23. The van der Waals surface area contributed by atoms with Crippen molar-refractivity contribution in [1.29, 1.82) is 0 Å². The van der Waals surface area contributed by atoms with Gasteiger partial charge in [0.2, 0.25) is 0 Å². The molecule has 4 nitrogen and oxygen atoms in total. The number of nitrogens with zero attached hydrogens (tertiary/aromatic N) is 1. The minimum Gasteiger partial charge on any atom is -0.296 e. The second-order valence-corrected chi connectivity index (χ2v) is 3.14.